The Bertz CT molecular complexity index is 897. The second-order valence-corrected chi connectivity index (χ2v) is 10.7. The number of hydrogen-bond acceptors (Lipinski definition) is 7. The number of carboxylic acids is 1. The number of β-lactam (4-membered cyclic amide) rings is 1. The molecule has 1 aromatic rings. The number of nitrogens with one attached hydrogen (secondary N) is 1. The molecule has 0 spiro atoms. The average molecular weight is 515 g/mol. The van der Waals surface area contributed by atoms with Gasteiger partial charge in [-0.3, -0.25) is 4.79 Å². The summed E-state index contributed by atoms with van der Waals surface area (Å²) in [6.45, 7) is 5.06. The fourth-order valence-corrected chi connectivity index (χ4v) is 6.42. The standard InChI is InChI=1S/C20H23BrN2O7S/c1-4-29-15(26)12(22-18(28)30-10-11-8-6-5-7-9-11)20(21)16(27)23-13(14(24)25)19(2,3)31-17(20)23/h5-9,12-13,17H,4,10H2,1-3H3,(H,22,28)(H,24,25)/t12?,13-,17+,20?/m0/s1. The highest BCUT2D eigenvalue weighted by Gasteiger charge is 2.74. The van der Waals surface area contributed by atoms with E-state index in [9.17, 15) is 24.3 Å². The lowest BCUT2D eigenvalue weighted by atomic mass is 9.86. The number of nitrogens with zero attached hydrogens (tertiary/aromatic N) is 1. The summed E-state index contributed by atoms with van der Waals surface area (Å²) >= 11 is 4.60. The maximum Gasteiger partial charge on any atom is 0.408 e. The van der Waals surface area contributed by atoms with Crippen LogP contribution in [0.1, 0.15) is 26.3 Å². The minimum atomic E-state index is -1.56. The van der Waals surface area contributed by atoms with Crippen LogP contribution in [-0.2, 0) is 30.5 Å². The van der Waals surface area contributed by atoms with Crippen LogP contribution in [0.25, 0.3) is 0 Å². The van der Waals surface area contributed by atoms with Crippen LogP contribution in [0.3, 0.4) is 0 Å². The van der Waals surface area contributed by atoms with Crippen LogP contribution in [0.5, 0.6) is 0 Å². The summed E-state index contributed by atoms with van der Waals surface area (Å²) in [5.41, 5.74) is 0.752. The predicted octanol–water partition coefficient (Wildman–Crippen LogP) is 2.13. The van der Waals surface area contributed by atoms with E-state index in [0.29, 0.717) is 0 Å². The van der Waals surface area contributed by atoms with Crippen molar-refractivity contribution in [1.29, 1.82) is 0 Å². The molecule has 4 atom stereocenters. The van der Waals surface area contributed by atoms with E-state index in [1.54, 1.807) is 45.0 Å². The summed E-state index contributed by atoms with van der Waals surface area (Å²) in [6.07, 6.45) is -0.899. The van der Waals surface area contributed by atoms with Crippen molar-refractivity contribution in [2.45, 2.75) is 53.9 Å². The third kappa shape index (κ3) is 4.12. The molecule has 2 amide bonds. The molecule has 11 heteroatoms. The highest BCUT2D eigenvalue weighted by molar-refractivity contribution is 9.10. The van der Waals surface area contributed by atoms with Crippen molar-refractivity contribution in [2.24, 2.45) is 0 Å². The maximum absolute atomic E-state index is 13.1. The molecule has 2 aliphatic heterocycles. The minimum absolute atomic E-state index is 0.0239. The molecule has 2 fully saturated rings. The molecule has 0 bridgehead atoms. The quantitative estimate of drug-likeness (QED) is 0.322. The van der Waals surface area contributed by atoms with E-state index in [1.807, 2.05) is 6.07 Å². The number of amides is 2. The molecule has 0 saturated carbocycles. The molecule has 2 saturated heterocycles. The Labute approximate surface area is 191 Å². The Morgan fingerprint density at radius 2 is 1.90 bits per heavy atom. The molecule has 2 aliphatic rings. The van der Waals surface area contributed by atoms with E-state index in [1.165, 1.54) is 16.7 Å². The Hall–Kier alpha value is -2.27. The van der Waals surface area contributed by atoms with Gasteiger partial charge in [0.15, 0.2) is 10.4 Å². The normalized spacial score (nSPS) is 27.0. The van der Waals surface area contributed by atoms with Crippen LogP contribution in [0.4, 0.5) is 4.79 Å². The molecular weight excluding hydrogens is 492 g/mol. The fraction of sp³-hybridized carbons (Fsp3) is 0.500. The molecule has 2 heterocycles. The van der Waals surface area contributed by atoms with E-state index in [2.05, 4.69) is 21.2 Å². The summed E-state index contributed by atoms with van der Waals surface area (Å²) in [5, 5.41) is 11.4. The van der Waals surface area contributed by atoms with Crippen LogP contribution in [0, 0.1) is 0 Å². The highest BCUT2D eigenvalue weighted by atomic mass is 79.9. The van der Waals surface area contributed by atoms with Crippen molar-refractivity contribution < 1.29 is 33.8 Å². The van der Waals surface area contributed by atoms with Gasteiger partial charge in [-0.05, 0) is 26.3 Å². The van der Waals surface area contributed by atoms with Gasteiger partial charge in [-0.2, -0.15) is 0 Å². The first kappa shape index (κ1) is 23.4. The number of ether oxygens (including phenoxy) is 2. The largest absolute Gasteiger partial charge is 0.480 e. The first-order valence-electron chi connectivity index (χ1n) is 9.60. The summed E-state index contributed by atoms with van der Waals surface area (Å²) in [5.74, 6) is -2.56. The van der Waals surface area contributed by atoms with Gasteiger partial charge in [0.05, 0.1) is 6.61 Å². The number of alkyl halides is 1. The Morgan fingerprint density at radius 3 is 2.48 bits per heavy atom. The van der Waals surface area contributed by atoms with Gasteiger partial charge in [0.25, 0.3) is 0 Å². The number of carbonyl (C=O) groups is 4. The summed E-state index contributed by atoms with van der Waals surface area (Å²) in [6, 6.07) is 6.51. The van der Waals surface area contributed by atoms with Gasteiger partial charge in [0, 0.05) is 4.75 Å². The van der Waals surface area contributed by atoms with Crippen molar-refractivity contribution in [1.82, 2.24) is 10.2 Å². The molecule has 0 aliphatic carbocycles. The van der Waals surface area contributed by atoms with E-state index in [4.69, 9.17) is 9.47 Å². The topological polar surface area (TPSA) is 122 Å². The minimum Gasteiger partial charge on any atom is -0.480 e. The summed E-state index contributed by atoms with van der Waals surface area (Å²) in [4.78, 5) is 51.2. The summed E-state index contributed by atoms with van der Waals surface area (Å²) < 4.78 is 7.92. The average Bonchev–Trinajstić information content (AvgIpc) is 3.00. The molecule has 0 radical (unpaired) electrons. The predicted molar refractivity (Wildman–Crippen MR) is 116 cm³/mol. The van der Waals surface area contributed by atoms with Gasteiger partial charge in [0.1, 0.15) is 18.0 Å². The zero-order valence-corrected chi connectivity index (χ0v) is 19.6. The Morgan fingerprint density at radius 1 is 1.26 bits per heavy atom. The van der Waals surface area contributed by atoms with E-state index >= 15 is 0 Å². The third-order valence-electron chi connectivity index (χ3n) is 5.18. The van der Waals surface area contributed by atoms with E-state index < -0.39 is 50.5 Å². The zero-order chi connectivity index (χ0) is 23.0. The van der Waals surface area contributed by atoms with Crippen LogP contribution < -0.4 is 5.32 Å². The lowest BCUT2D eigenvalue weighted by molar-refractivity contribution is -0.165. The second-order valence-electron chi connectivity index (χ2n) is 7.69. The monoisotopic (exact) mass is 514 g/mol. The number of hydrogen-bond donors (Lipinski definition) is 2. The fourth-order valence-electron chi connectivity index (χ4n) is 3.75. The number of halogens is 1. The number of aliphatic carboxylic acids is 1. The molecule has 31 heavy (non-hydrogen) atoms. The molecule has 2 unspecified atom stereocenters. The van der Waals surface area contributed by atoms with Crippen LogP contribution in [-0.4, -0.2) is 67.1 Å². The number of thioether (sulfide) groups is 1. The lowest BCUT2D eigenvalue weighted by Gasteiger charge is -2.52. The van der Waals surface area contributed by atoms with Gasteiger partial charge in [-0.25, -0.2) is 14.4 Å². The molecular formula is C20H23BrN2O7S. The van der Waals surface area contributed by atoms with Crippen molar-refractivity contribution in [3.8, 4) is 0 Å². The lowest BCUT2D eigenvalue weighted by Crippen LogP contribution is -2.78. The zero-order valence-electron chi connectivity index (χ0n) is 17.2. The number of carboxylic acid groups (broad SMARTS) is 1. The molecule has 3 rings (SSSR count). The smallest absolute Gasteiger partial charge is 0.408 e. The Balaban J connectivity index is 1.80. The van der Waals surface area contributed by atoms with Crippen molar-refractivity contribution in [2.75, 3.05) is 6.61 Å². The van der Waals surface area contributed by atoms with E-state index in [-0.39, 0.29) is 13.2 Å². The second kappa shape index (κ2) is 8.70. The van der Waals surface area contributed by atoms with Gasteiger partial charge in [-0.15, -0.1) is 11.8 Å². The number of benzene rings is 1. The van der Waals surface area contributed by atoms with Crippen LogP contribution in [0.15, 0.2) is 30.3 Å². The first-order valence-corrected chi connectivity index (χ1v) is 11.3. The van der Waals surface area contributed by atoms with E-state index in [0.717, 1.165) is 5.56 Å². The first-order chi connectivity index (χ1) is 14.5. The van der Waals surface area contributed by atoms with Crippen molar-refractivity contribution >= 4 is 51.6 Å². The molecule has 0 aromatic heterocycles. The highest BCUT2D eigenvalue weighted by Crippen LogP contribution is 2.59. The number of fused-ring (bicyclic) bond motifs is 1. The number of esters is 1. The van der Waals surface area contributed by atoms with Gasteiger partial charge < -0.3 is 24.8 Å². The van der Waals surface area contributed by atoms with Crippen LogP contribution in [0.2, 0.25) is 0 Å². The van der Waals surface area contributed by atoms with Crippen molar-refractivity contribution in [3.63, 3.8) is 0 Å². The molecule has 1 aromatic carbocycles. The third-order valence-corrected chi connectivity index (χ3v) is 8.36. The molecule has 2 N–H and O–H groups in total. The SMILES string of the molecule is CCOC(=O)C(NC(=O)OCc1ccccc1)C1(Br)C(=O)N2[C@@H](C(=O)O)C(C)(C)S[C@@H]21. The van der Waals surface area contributed by atoms with Crippen molar-refractivity contribution in [3.05, 3.63) is 35.9 Å². The molecule has 168 valence electrons. The Kier molecular flexibility index (Phi) is 6.56. The van der Waals surface area contributed by atoms with Gasteiger partial charge in [-0.1, -0.05) is 46.3 Å². The molecule has 9 nitrogen and oxygen atoms in total. The number of carbonyl (C=O) groups excluding carboxylic acids is 3. The van der Waals surface area contributed by atoms with Gasteiger partial charge in [0.2, 0.25) is 5.91 Å². The van der Waals surface area contributed by atoms with Crippen LogP contribution >= 0.6 is 27.7 Å². The number of rotatable bonds is 7. The summed E-state index contributed by atoms with van der Waals surface area (Å²) in [7, 11) is 0. The van der Waals surface area contributed by atoms with Gasteiger partial charge >= 0.3 is 18.0 Å². The maximum atomic E-state index is 13.1. The number of alkyl carbamates (subject to hydrolysis) is 1.